The summed E-state index contributed by atoms with van der Waals surface area (Å²) in [5.74, 6) is 2.36. The molecule has 0 bridgehead atoms. The first kappa shape index (κ1) is 13.0. The van der Waals surface area contributed by atoms with Crippen molar-refractivity contribution in [3.05, 3.63) is 10.5 Å². The molecular formula is C11H18ClN3OS. The molecule has 1 N–H and O–H groups in total. The summed E-state index contributed by atoms with van der Waals surface area (Å²) in [6, 6.07) is 0.393. The van der Waals surface area contributed by atoms with E-state index in [0.717, 1.165) is 42.5 Å². The average Bonchev–Trinajstić information content (AvgIpc) is 3.05. The van der Waals surface area contributed by atoms with E-state index in [1.807, 2.05) is 0 Å². The normalized spacial score (nSPS) is 17.3. The lowest BCUT2D eigenvalue weighted by Gasteiger charge is -2.08. The van der Waals surface area contributed by atoms with Gasteiger partial charge in [0.15, 0.2) is 5.16 Å². The van der Waals surface area contributed by atoms with Crippen LogP contribution in [0.25, 0.3) is 0 Å². The molecule has 1 aromatic rings. The molecule has 6 heteroatoms. The number of aromatic amines is 1. The Morgan fingerprint density at radius 2 is 2.35 bits per heavy atom. The van der Waals surface area contributed by atoms with E-state index in [1.54, 1.807) is 16.3 Å². The number of aromatic nitrogens is 3. The molecule has 1 fully saturated rings. The van der Waals surface area contributed by atoms with Gasteiger partial charge in [0, 0.05) is 17.7 Å². The topological polar surface area (TPSA) is 50.7 Å². The number of H-pyrrole nitrogens is 1. The summed E-state index contributed by atoms with van der Waals surface area (Å²) in [4.78, 5) is 11.5. The van der Waals surface area contributed by atoms with Crippen molar-refractivity contribution in [1.82, 2.24) is 14.8 Å². The molecule has 0 aromatic carbocycles. The molecule has 0 spiro atoms. The molecule has 1 aliphatic rings. The minimum absolute atomic E-state index is 0.0659. The maximum atomic E-state index is 11.5. The summed E-state index contributed by atoms with van der Waals surface area (Å²) in [6.07, 6.45) is 4.38. The van der Waals surface area contributed by atoms with Crippen LogP contribution in [0.3, 0.4) is 0 Å². The van der Waals surface area contributed by atoms with Gasteiger partial charge in [-0.25, -0.2) is 9.89 Å². The highest BCUT2D eigenvalue weighted by molar-refractivity contribution is 7.99. The molecule has 0 radical (unpaired) electrons. The second-order valence-corrected chi connectivity index (χ2v) is 6.07. The van der Waals surface area contributed by atoms with Crippen molar-refractivity contribution in [2.75, 3.05) is 11.6 Å². The number of nitrogens with one attached hydrogen (secondary N) is 1. The predicted molar refractivity (Wildman–Crippen MR) is 71.0 cm³/mol. The van der Waals surface area contributed by atoms with Crippen LogP contribution in [0.5, 0.6) is 0 Å². The zero-order chi connectivity index (χ0) is 12.3. The number of thioether (sulfide) groups is 1. The molecular weight excluding hydrogens is 258 g/mol. The van der Waals surface area contributed by atoms with Crippen molar-refractivity contribution < 1.29 is 0 Å². The number of hydrogen-bond donors (Lipinski definition) is 1. The molecule has 1 heterocycles. The Balaban J connectivity index is 1.84. The van der Waals surface area contributed by atoms with E-state index in [-0.39, 0.29) is 5.69 Å². The van der Waals surface area contributed by atoms with Crippen molar-refractivity contribution >= 4 is 23.4 Å². The molecule has 2 rings (SSSR count). The van der Waals surface area contributed by atoms with E-state index in [0.29, 0.717) is 12.0 Å². The lowest BCUT2D eigenvalue weighted by Crippen LogP contribution is -2.16. The second kappa shape index (κ2) is 5.96. The molecule has 96 valence electrons. The van der Waals surface area contributed by atoms with Crippen LogP contribution < -0.4 is 5.69 Å². The third-order valence-electron chi connectivity index (χ3n) is 3.03. The third-order valence-corrected chi connectivity index (χ3v) is 4.23. The molecule has 4 nitrogen and oxygen atoms in total. The van der Waals surface area contributed by atoms with Gasteiger partial charge >= 0.3 is 5.69 Å². The van der Waals surface area contributed by atoms with Crippen molar-refractivity contribution in [3.8, 4) is 0 Å². The highest BCUT2D eigenvalue weighted by atomic mass is 35.5. The molecule has 1 atom stereocenters. The monoisotopic (exact) mass is 275 g/mol. The zero-order valence-corrected chi connectivity index (χ0v) is 11.6. The molecule has 1 saturated carbocycles. The molecule has 1 aliphatic carbocycles. The fraction of sp³-hybridized carbons (Fsp3) is 0.818. The summed E-state index contributed by atoms with van der Waals surface area (Å²) < 4.78 is 1.80. The van der Waals surface area contributed by atoms with E-state index in [9.17, 15) is 4.79 Å². The van der Waals surface area contributed by atoms with Gasteiger partial charge in [0.25, 0.3) is 0 Å². The maximum Gasteiger partial charge on any atom is 0.344 e. The molecule has 17 heavy (non-hydrogen) atoms. The van der Waals surface area contributed by atoms with Crippen LogP contribution in [0.2, 0.25) is 0 Å². The quantitative estimate of drug-likeness (QED) is 0.615. The van der Waals surface area contributed by atoms with Gasteiger partial charge in [0.05, 0.1) is 0 Å². The Morgan fingerprint density at radius 3 is 3.00 bits per heavy atom. The van der Waals surface area contributed by atoms with Gasteiger partial charge < -0.3 is 0 Å². The fourth-order valence-corrected chi connectivity index (χ4v) is 3.29. The summed E-state index contributed by atoms with van der Waals surface area (Å²) in [5, 5.41) is 7.46. The van der Waals surface area contributed by atoms with Gasteiger partial charge in [0.1, 0.15) is 0 Å². The van der Waals surface area contributed by atoms with Gasteiger partial charge in [-0.3, -0.25) is 4.57 Å². The lowest BCUT2D eigenvalue weighted by atomic mass is 10.1. The SMILES string of the molecule is CC(CCCl)CCSc1n[nH]c(=O)n1C1CC1. The number of halogens is 1. The van der Waals surface area contributed by atoms with Crippen LogP contribution in [0.4, 0.5) is 0 Å². The van der Waals surface area contributed by atoms with E-state index in [4.69, 9.17) is 11.6 Å². The third kappa shape index (κ3) is 3.52. The highest BCUT2D eigenvalue weighted by Gasteiger charge is 2.28. The zero-order valence-electron chi connectivity index (χ0n) is 9.99. The number of hydrogen-bond acceptors (Lipinski definition) is 3. The Hall–Kier alpha value is -0.420. The summed E-state index contributed by atoms with van der Waals surface area (Å²) >= 11 is 7.37. The molecule has 0 aliphatic heterocycles. The van der Waals surface area contributed by atoms with Crippen LogP contribution in [0, 0.1) is 5.92 Å². The second-order valence-electron chi connectivity index (χ2n) is 4.63. The summed E-state index contributed by atoms with van der Waals surface area (Å²) in [6.45, 7) is 2.21. The number of nitrogens with zero attached hydrogens (tertiary/aromatic N) is 2. The minimum atomic E-state index is -0.0659. The predicted octanol–water partition coefficient (Wildman–Crippen LogP) is 2.65. The first-order chi connectivity index (χ1) is 8.22. The average molecular weight is 276 g/mol. The highest BCUT2D eigenvalue weighted by Crippen LogP contribution is 2.36. The summed E-state index contributed by atoms with van der Waals surface area (Å²) in [7, 11) is 0. The summed E-state index contributed by atoms with van der Waals surface area (Å²) in [5.41, 5.74) is -0.0659. The molecule has 1 aromatic heterocycles. The van der Waals surface area contributed by atoms with E-state index in [1.165, 1.54) is 0 Å². The van der Waals surface area contributed by atoms with Crippen LogP contribution >= 0.6 is 23.4 Å². The van der Waals surface area contributed by atoms with E-state index in [2.05, 4.69) is 17.1 Å². The number of alkyl halides is 1. The first-order valence-electron chi connectivity index (χ1n) is 6.08. The van der Waals surface area contributed by atoms with Crippen LogP contribution in [0.1, 0.15) is 38.6 Å². The maximum absolute atomic E-state index is 11.5. The minimum Gasteiger partial charge on any atom is -0.267 e. The number of rotatable bonds is 7. The van der Waals surface area contributed by atoms with Crippen molar-refractivity contribution in [2.24, 2.45) is 5.92 Å². The molecule has 1 unspecified atom stereocenters. The van der Waals surface area contributed by atoms with Crippen molar-refractivity contribution in [3.63, 3.8) is 0 Å². The van der Waals surface area contributed by atoms with Crippen molar-refractivity contribution in [1.29, 1.82) is 0 Å². The van der Waals surface area contributed by atoms with Gasteiger partial charge in [-0.1, -0.05) is 18.7 Å². The Labute approximate surface area is 110 Å². The van der Waals surface area contributed by atoms with Crippen LogP contribution in [-0.4, -0.2) is 26.4 Å². The van der Waals surface area contributed by atoms with Gasteiger partial charge in [0.2, 0.25) is 0 Å². The Bertz CT molecular complexity index is 413. The Kier molecular flexibility index (Phi) is 4.56. The Morgan fingerprint density at radius 1 is 1.59 bits per heavy atom. The standard InChI is InChI=1S/C11H18ClN3OS/c1-8(4-6-12)5-7-17-11-14-13-10(16)15(11)9-2-3-9/h8-9H,2-7H2,1H3,(H,13,16). The van der Waals surface area contributed by atoms with Crippen molar-refractivity contribution in [2.45, 2.75) is 43.8 Å². The fourth-order valence-electron chi connectivity index (χ4n) is 1.73. The first-order valence-corrected chi connectivity index (χ1v) is 7.60. The largest absolute Gasteiger partial charge is 0.344 e. The van der Waals surface area contributed by atoms with Gasteiger partial charge in [-0.05, 0) is 31.6 Å². The van der Waals surface area contributed by atoms with Crippen LogP contribution in [0.15, 0.2) is 9.95 Å². The molecule has 0 saturated heterocycles. The van der Waals surface area contributed by atoms with Crippen LogP contribution in [-0.2, 0) is 0 Å². The van der Waals surface area contributed by atoms with E-state index >= 15 is 0 Å². The smallest absolute Gasteiger partial charge is 0.267 e. The molecule has 0 amide bonds. The van der Waals surface area contributed by atoms with E-state index < -0.39 is 0 Å². The van der Waals surface area contributed by atoms with Gasteiger partial charge in [-0.15, -0.1) is 16.7 Å². The lowest BCUT2D eigenvalue weighted by molar-refractivity contribution is 0.551. The van der Waals surface area contributed by atoms with Gasteiger partial charge in [-0.2, -0.15) is 0 Å².